The molecule has 0 unspecified atom stereocenters. The largest absolute Gasteiger partial charge is 0.507 e. The maximum Gasteiger partial charge on any atom is 0.257 e. The third-order valence-electron chi connectivity index (χ3n) is 4.29. The molecule has 1 amide bonds. The molecule has 0 aliphatic rings. The quantitative estimate of drug-likeness (QED) is 0.589. The van der Waals surface area contributed by atoms with Gasteiger partial charge in [0.2, 0.25) is 0 Å². The molecule has 3 aromatic carbocycles. The van der Waals surface area contributed by atoms with Crippen LogP contribution in [0.3, 0.4) is 0 Å². The van der Waals surface area contributed by atoms with Gasteiger partial charge < -0.3 is 15.2 Å². The molecule has 0 spiro atoms. The van der Waals surface area contributed by atoms with Gasteiger partial charge in [-0.1, -0.05) is 59.6 Å². The number of phenolic OH excluding ortho intramolecular Hbond substituents is 1. The molecule has 144 valence electrons. The second kappa shape index (κ2) is 9.00. The van der Waals surface area contributed by atoms with Gasteiger partial charge in [-0.15, -0.1) is 0 Å². The summed E-state index contributed by atoms with van der Waals surface area (Å²) in [5.74, 6) is 0.400. The first-order chi connectivity index (χ1) is 13.5. The lowest BCUT2D eigenvalue weighted by atomic mass is 9.98. The SMILES string of the molecule is CNC(=O)COc1cc(Cl)c(Cc2ccc(O)c(-c3ccccc3)c2)c(Cl)c1. The highest BCUT2D eigenvalue weighted by Gasteiger charge is 2.13. The molecule has 0 aromatic heterocycles. The Morgan fingerprint density at radius 1 is 1.04 bits per heavy atom. The van der Waals surface area contributed by atoms with E-state index in [0.717, 1.165) is 22.3 Å². The topological polar surface area (TPSA) is 58.6 Å². The van der Waals surface area contributed by atoms with Gasteiger partial charge in [0.15, 0.2) is 6.61 Å². The normalized spacial score (nSPS) is 10.5. The first-order valence-electron chi connectivity index (χ1n) is 8.66. The molecule has 0 atom stereocenters. The van der Waals surface area contributed by atoms with Crippen LogP contribution < -0.4 is 10.1 Å². The first kappa shape index (κ1) is 20.1. The number of phenols is 1. The van der Waals surface area contributed by atoms with E-state index in [4.69, 9.17) is 27.9 Å². The molecule has 2 N–H and O–H groups in total. The average Bonchev–Trinajstić information content (AvgIpc) is 2.70. The van der Waals surface area contributed by atoms with E-state index in [0.29, 0.717) is 22.2 Å². The fourth-order valence-corrected chi connectivity index (χ4v) is 3.40. The highest BCUT2D eigenvalue weighted by atomic mass is 35.5. The Bertz CT molecular complexity index is 967. The van der Waals surface area contributed by atoms with Gasteiger partial charge in [-0.2, -0.15) is 0 Å². The molecular weight excluding hydrogens is 397 g/mol. The second-order valence-corrected chi connectivity index (χ2v) is 7.04. The van der Waals surface area contributed by atoms with Crippen LogP contribution in [0.25, 0.3) is 11.1 Å². The number of nitrogens with one attached hydrogen (secondary N) is 1. The van der Waals surface area contributed by atoms with Gasteiger partial charge in [-0.25, -0.2) is 0 Å². The predicted molar refractivity (Wildman–Crippen MR) is 112 cm³/mol. The van der Waals surface area contributed by atoms with Gasteiger partial charge in [0.05, 0.1) is 0 Å². The lowest BCUT2D eigenvalue weighted by Crippen LogP contribution is -2.24. The molecule has 0 aliphatic heterocycles. The number of hydrogen-bond acceptors (Lipinski definition) is 3. The standard InChI is InChI=1S/C22H19Cl2NO3/c1-25-22(27)13-28-16-11-19(23)18(20(24)12-16)10-14-7-8-21(26)17(9-14)15-5-3-2-4-6-15/h2-9,11-12,26H,10,13H2,1H3,(H,25,27). The summed E-state index contributed by atoms with van der Waals surface area (Å²) in [7, 11) is 1.54. The van der Waals surface area contributed by atoms with Gasteiger partial charge in [-0.3, -0.25) is 4.79 Å². The maximum atomic E-state index is 11.3. The van der Waals surface area contributed by atoms with Crippen LogP contribution in [0, 0.1) is 0 Å². The minimum Gasteiger partial charge on any atom is -0.507 e. The second-order valence-electron chi connectivity index (χ2n) is 6.22. The zero-order valence-corrected chi connectivity index (χ0v) is 16.7. The smallest absolute Gasteiger partial charge is 0.257 e. The molecule has 0 fully saturated rings. The van der Waals surface area contributed by atoms with Crippen LogP contribution >= 0.6 is 23.2 Å². The van der Waals surface area contributed by atoms with Crippen LogP contribution in [0.4, 0.5) is 0 Å². The van der Waals surface area contributed by atoms with Crippen molar-refractivity contribution >= 4 is 29.1 Å². The van der Waals surface area contributed by atoms with Crippen molar-refractivity contribution in [2.45, 2.75) is 6.42 Å². The lowest BCUT2D eigenvalue weighted by molar-refractivity contribution is -0.122. The molecular formula is C22H19Cl2NO3. The van der Waals surface area contributed by atoms with E-state index in [-0.39, 0.29) is 18.3 Å². The van der Waals surface area contributed by atoms with Crippen LogP contribution in [0.1, 0.15) is 11.1 Å². The van der Waals surface area contributed by atoms with Gasteiger partial charge >= 0.3 is 0 Å². The predicted octanol–water partition coefficient (Wildman–Crippen LogP) is 5.08. The van der Waals surface area contributed by atoms with E-state index in [1.54, 1.807) is 18.2 Å². The summed E-state index contributed by atoms with van der Waals surface area (Å²) in [5, 5.41) is 13.6. The van der Waals surface area contributed by atoms with Gasteiger partial charge in [-0.05, 0) is 41.0 Å². The Balaban J connectivity index is 1.85. The molecule has 3 rings (SSSR count). The van der Waals surface area contributed by atoms with Crippen LogP contribution in [-0.2, 0) is 11.2 Å². The van der Waals surface area contributed by atoms with Crippen LogP contribution in [-0.4, -0.2) is 24.7 Å². The van der Waals surface area contributed by atoms with E-state index in [9.17, 15) is 9.90 Å². The third-order valence-corrected chi connectivity index (χ3v) is 4.96. The summed E-state index contributed by atoms with van der Waals surface area (Å²) in [4.78, 5) is 11.3. The maximum absolute atomic E-state index is 11.3. The molecule has 0 heterocycles. The summed E-state index contributed by atoms with van der Waals surface area (Å²) >= 11 is 12.8. The average molecular weight is 416 g/mol. The van der Waals surface area contributed by atoms with Gasteiger partial charge in [0.25, 0.3) is 5.91 Å². The number of ether oxygens (including phenoxy) is 1. The number of carbonyl (C=O) groups is 1. The number of carbonyl (C=O) groups excluding carboxylic acids is 1. The molecule has 3 aromatic rings. The monoisotopic (exact) mass is 415 g/mol. The zero-order valence-electron chi connectivity index (χ0n) is 15.2. The van der Waals surface area contributed by atoms with Crippen molar-refractivity contribution in [2.24, 2.45) is 0 Å². The summed E-state index contributed by atoms with van der Waals surface area (Å²) in [5.41, 5.74) is 3.38. The molecule has 4 nitrogen and oxygen atoms in total. The number of likely N-dealkylation sites (N-methyl/N-ethyl adjacent to an activating group) is 1. The zero-order chi connectivity index (χ0) is 20.1. The van der Waals surface area contributed by atoms with Crippen LogP contribution in [0.2, 0.25) is 10.0 Å². The van der Waals surface area contributed by atoms with E-state index < -0.39 is 0 Å². The Morgan fingerprint density at radius 2 is 1.71 bits per heavy atom. The van der Waals surface area contributed by atoms with E-state index in [1.165, 1.54) is 7.05 Å². The number of benzene rings is 3. The highest BCUT2D eigenvalue weighted by Crippen LogP contribution is 2.35. The fourth-order valence-electron chi connectivity index (χ4n) is 2.80. The van der Waals surface area contributed by atoms with E-state index in [2.05, 4.69) is 5.32 Å². The van der Waals surface area contributed by atoms with Crippen LogP contribution in [0.5, 0.6) is 11.5 Å². The summed E-state index contributed by atoms with van der Waals surface area (Å²) in [6.45, 7) is -0.110. The van der Waals surface area contributed by atoms with E-state index in [1.807, 2.05) is 42.5 Å². The number of aromatic hydroxyl groups is 1. The van der Waals surface area contributed by atoms with Crippen molar-refractivity contribution in [1.29, 1.82) is 0 Å². The lowest BCUT2D eigenvalue weighted by Gasteiger charge is -2.13. The van der Waals surface area contributed by atoms with Crippen molar-refractivity contribution in [3.05, 3.63) is 81.8 Å². The molecule has 0 radical (unpaired) electrons. The molecule has 0 saturated heterocycles. The number of rotatable bonds is 6. The Hall–Kier alpha value is -2.69. The van der Waals surface area contributed by atoms with Crippen molar-refractivity contribution in [1.82, 2.24) is 5.32 Å². The van der Waals surface area contributed by atoms with Crippen molar-refractivity contribution < 1.29 is 14.6 Å². The molecule has 28 heavy (non-hydrogen) atoms. The summed E-state index contributed by atoms with van der Waals surface area (Å²) in [6, 6.07) is 18.4. The van der Waals surface area contributed by atoms with E-state index >= 15 is 0 Å². The Labute approximate surface area is 173 Å². The summed E-state index contributed by atoms with van der Waals surface area (Å²) < 4.78 is 5.40. The van der Waals surface area contributed by atoms with Gasteiger partial charge in [0.1, 0.15) is 11.5 Å². The molecule has 0 bridgehead atoms. The summed E-state index contributed by atoms with van der Waals surface area (Å²) in [6.07, 6.45) is 0.494. The Kier molecular flexibility index (Phi) is 6.45. The number of hydrogen-bond donors (Lipinski definition) is 2. The van der Waals surface area contributed by atoms with Gasteiger partial charge in [0, 0.05) is 29.1 Å². The van der Waals surface area contributed by atoms with Crippen molar-refractivity contribution in [3.63, 3.8) is 0 Å². The molecule has 0 saturated carbocycles. The number of halogens is 2. The Morgan fingerprint density at radius 3 is 2.36 bits per heavy atom. The number of amides is 1. The van der Waals surface area contributed by atoms with Crippen molar-refractivity contribution in [3.8, 4) is 22.6 Å². The first-order valence-corrected chi connectivity index (χ1v) is 9.42. The highest BCUT2D eigenvalue weighted by molar-refractivity contribution is 6.36. The fraction of sp³-hybridized carbons (Fsp3) is 0.136. The molecule has 6 heteroatoms. The molecule has 0 aliphatic carbocycles. The third kappa shape index (κ3) is 4.77. The van der Waals surface area contributed by atoms with Crippen molar-refractivity contribution in [2.75, 3.05) is 13.7 Å². The minimum atomic E-state index is -0.242. The minimum absolute atomic E-state index is 0.110. The van der Waals surface area contributed by atoms with Crippen LogP contribution in [0.15, 0.2) is 60.7 Å².